The van der Waals surface area contributed by atoms with E-state index in [1.54, 1.807) is 0 Å². The van der Waals surface area contributed by atoms with Gasteiger partial charge in [0.2, 0.25) is 0 Å². The van der Waals surface area contributed by atoms with Gasteiger partial charge < -0.3 is 0 Å². The molecule has 109 valence electrons. The molecule has 0 saturated heterocycles. The molecular weight excluding hydrogens is 216 g/mol. The number of hydrogen-bond acceptors (Lipinski definition) is 0. The Kier molecular flexibility index (Phi) is 15.1. The standard InChI is InChI=1S/C18H37/c1-4-6-8-9-10-11-12-13-14-15-17-18(3)16-7-5-2/h18H,1,4-17H2,2-3H3. The van der Waals surface area contributed by atoms with Crippen LogP contribution in [0.2, 0.25) is 0 Å². The molecule has 0 aromatic rings. The van der Waals surface area contributed by atoms with Crippen molar-refractivity contribution in [1.82, 2.24) is 0 Å². The monoisotopic (exact) mass is 253 g/mol. The van der Waals surface area contributed by atoms with Crippen LogP contribution in [-0.4, -0.2) is 0 Å². The van der Waals surface area contributed by atoms with E-state index < -0.39 is 0 Å². The number of unbranched alkanes of at least 4 members (excludes halogenated alkanes) is 10. The third-order valence-corrected chi connectivity index (χ3v) is 4.00. The Morgan fingerprint density at radius 3 is 1.61 bits per heavy atom. The van der Waals surface area contributed by atoms with E-state index in [1.807, 2.05) is 0 Å². The van der Waals surface area contributed by atoms with Crippen molar-refractivity contribution in [3.63, 3.8) is 0 Å². The second-order valence-electron chi connectivity index (χ2n) is 6.07. The Balaban J connectivity index is 3.02. The zero-order chi connectivity index (χ0) is 13.5. The van der Waals surface area contributed by atoms with Gasteiger partial charge in [-0.1, -0.05) is 111 Å². The molecule has 0 N–H and O–H groups in total. The molecule has 0 heteroatoms. The summed E-state index contributed by atoms with van der Waals surface area (Å²) < 4.78 is 0. The van der Waals surface area contributed by atoms with E-state index in [0.29, 0.717) is 0 Å². The van der Waals surface area contributed by atoms with Gasteiger partial charge in [-0.05, 0) is 5.92 Å². The van der Waals surface area contributed by atoms with Crippen molar-refractivity contribution in [2.45, 2.75) is 104 Å². The van der Waals surface area contributed by atoms with Crippen LogP contribution in [0, 0.1) is 12.8 Å². The first-order valence-electron chi connectivity index (χ1n) is 8.60. The molecule has 0 amide bonds. The highest BCUT2D eigenvalue weighted by atomic mass is 14.1. The summed E-state index contributed by atoms with van der Waals surface area (Å²) in [5.41, 5.74) is 0. The van der Waals surface area contributed by atoms with E-state index in [2.05, 4.69) is 20.8 Å². The van der Waals surface area contributed by atoms with Crippen LogP contribution in [0.25, 0.3) is 0 Å². The highest BCUT2D eigenvalue weighted by molar-refractivity contribution is 4.54. The van der Waals surface area contributed by atoms with Gasteiger partial charge >= 0.3 is 0 Å². The van der Waals surface area contributed by atoms with Crippen LogP contribution in [0.15, 0.2) is 0 Å². The Labute approximate surface area is 117 Å². The summed E-state index contributed by atoms with van der Waals surface area (Å²) in [5.74, 6) is 0.965. The van der Waals surface area contributed by atoms with Crippen molar-refractivity contribution in [3.05, 3.63) is 6.92 Å². The minimum absolute atomic E-state index is 0.965. The van der Waals surface area contributed by atoms with Crippen molar-refractivity contribution in [3.8, 4) is 0 Å². The van der Waals surface area contributed by atoms with Crippen LogP contribution in [-0.2, 0) is 0 Å². The summed E-state index contributed by atoms with van der Waals surface area (Å²) in [5, 5.41) is 0. The largest absolute Gasteiger partial charge is 0.0654 e. The molecule has 1 unspecified atom stereocenters. The van der Waals surface area contributed by atoms with E-state index in [1.165, 1.54) is 83.5 Å². The Hall–Kier alpha value is 0. The van der Waals surface area contributed by atoms with Gasteiger partial charge in [-0.15, -0.1) is 0 Å². The molecule has 0 aliphatic heterocycles. The normalized spacial score (nSPS) is 12.8. The van der Waals surface area contributed by atoms with Crippen LogP contribution in [0.3, 0.4) is 0 Å². The van der Waals surface area contributed by atoms with Crippen molar-refractivity contribution < 1.29 is 0 Å². The lowest BCUT2D eigenvalue weighted by Gasteiger charge is -2.10. The molecule has 1 radical (unpaired) electrons. The minimum atomic E-state index is 0.965. The Morgan fingerprint density at radius 1 is 0.667 bits per heavy atom. The smallest absolute Gasteiger partial charge is 0.0443 e. The molecule has 0 saturated carbocycles. The van der Waals surface area contributed by atoms with Crippen molar-refractivity contribution in [2.75, 3.05) is 0 Å². The van der Waals surface area contributed by atoms with Gasteiger partial charge in [-0.3, -0.25) is 0 Å². The molecule has 0 nitrogen and oxygen atoms in total. The lowest BCUT2D eigenvalue weighted by molar-refractivity contribution is 0.440. The highest BCUT2D eigenvalue weighted by Crippen LogP contribution is 2.17. The maximum absolute atomic E-state index is 3.89. The molecule has 0 spiro atoms. The van der Waals surface area contributed by atoms with Crippen LogP contribution in [0.1, 0.15) is 104 Å². The highest BCUT2D eigenvalue weighted by Gasteiger charge is 2.00. The van der Waals surface area contributed by atoms with Gasteiger partial charge in [0.15, 0.2) is 0 Å². The topological polar surface area (TPSA) is 0 Å². The summed E-state index contributed by atoms with van der Waals surface area (Å²) in [6.45, 7) is 8.61. The quantitative estimate of drug-likeness (QED) is 0.294. The first-order chi connectivity index (χ1) is 8.81. The molecule has 0 aliphatic rings. The first kappa shape index (κ1) is 18.0. The van der Waals surface area contributed by atoms with Crippen molar-refractivity contribution in [2.24, 2.45) is 5.92 Å². The minimum Gasteiger partial charge on any atom is -0.0654 e. The molecule has 0 aliphatic carbocycles. The Bertz CT molecular complexity index is 139. The summed E-state index contributed by atoms with van der Waals surface area (Å²) in [4.78, 5) is 0. The lowest BCUT2D eigenvalue weighted by Crippen LogP contribution is -1.94. The molecular formula is C18H37. The summed E-state index contributed by atoms with van der Waals surface area (Å²) in [6.07, 6.45) is 19.8. The van der Waals surface area contributed by atoms with E-state index in [9.17, 15) is 0 Å². The molecule has 0 bridgehead atoms. The molecule has 0 rings (SSSR count). The predicted molar refractivity (Wildman–Crippen MR) is 84.8 cm³/mol. The van der Waals surface area contributed by atoms with Crippen LogP contribution in [0.4, 0.5) is 0 Å². The average Bonchev–Trinajstić information content (AvgIpc) is 2.38. The lowest BCUT2D eigenvalue weighted by atomic mass is 9.97. The van der Waals surface area contributed by atoms with Gasteiger partial charge in [0.25, 0.3) is 0 Å². The van der Waals surface area contributed by atoms with Gasteiger partial charge in [-0.25, -0.2) is 0 Å². The molecule has 1 atom stereocenters. The molecule has 0 heterocycles. The summed E-state index contributed by atoms with van der Waals surface area (Å²) in [6, 6.07) is 0. The van der Waals surface area contributed by atoms with Gasteiger partial charge in [0.1, 0.15) is 0 Å². The van der Waals surface area contributed by atoms with Gasteiger partial charge in [0.05, 0.1) is 0 Å². The first-order valence-corrected chi connectivity index (χ1v) is 8.60. The fourth-order valence-electron chi connectivity index (χ4n) is 2.60. The maximum atomic E-state index is 3.89. The zero-order valence-corrected chi connectivity index (χ0v) is 13.2. The fraction of sp³-hybridized carbons (Fsp3) is 0.944. The summed E-state index contributed by atoms with van der Waals surface area (Å²) in [7, 11) is 0. The van der Waals surface area contributed by atoms with E-state index >= 15 is 0 Å². The van der Waals surface area contributed by atoms with Gasteiger partial charge in [-0.2, -0.15) is 0 Å². The molecule has 0 aromatic carbocycles. The molecule has 0 aromatic heterocycles. The second kappa shape index (κ2) is 15.1. The average molecular weight is 253 g/mol. The third-order valence-electron chi connectivity index (χ3n) is 4.00. The zero-order valence-electron chi connectivity index (χ0n) is 13.2. The molecule has 0 fully saturated rings. The van der Waals surface area contributed by atoms with Crippen LogP contribution >= 0.6 is 0 Å². The van der Waals surface area contributed by atoms with Gasteiger partial charge in [0, 0.05) is 0 Å². The van der Waals surface area contributed by atoms with Crippen LogP contribution in [0.5, 0.6) is 0 Å². The summed E-state index contributed by atoms with van der Waals surface area (Å²) >= 11 is 0. The maximum Gasteiger partial charge on any atom is -0.0443 e. The van der Waals surface area contributed by atoms with Crippen molar-refractivity contribution >= 4 is 0 Å². The fourth-order valence-corrected chi connectivity index (χ4v) is 2.60. The molecule has 18 heavy (non-hydrogen) atoms. The predicted octanol–water partition coefficient (Wildman–Crippen LogP) is 6.94. The number of hydrogen-bond donors (Lipinski definition) is 0. The van der Waals surface area contributed by atoms with Crippen molar-refractivity contribution in [1.29, 1.82) is 0 Å². The van der Waals surface area contributed by atoms with Crippen LogP contribution < -0.4 is 0 Å². The SMILES string of the molecule is [CH2]CCCCCCCCCCCC(C)CCCC. The Morgan fingerprint density at radius 2 is 1.11 bits per heavy atom. The van der Waals surface area contributed by atoms with E-state index in [-0.39, 0.29) is 0 Å². The third kappa shape index (κ3) is 14.1. The number of rotatable bonds is 14. The second-order valence-corrected chi connectivity index (χ2v) is 6.07. The van der Waals surface area contributed by atoms with E-state index in [4.69, 9.17) is 0 Å². The van der Waals surface area contributed by atoms with E-state index in [0.717, 1.165) is 12.3 Å².